The number of amides is 2. The van der Waals surface area contributed by atoms with E-state index in [1.807, 2.05) is 0 Å². The first-order valence-electron chi connectivity index (χ1n) is 9.75. The Hall–Kier alpha value is -3.49. The fourth-order valence-electron chi connectivity index (χ4n) is 3.37. The molecule has 0 fully saturated rings. The summed E-state index contributed by atoms with van der Waals surface area (Å²) >= 11 is 5.93. The molecule has 2 heterocycles. The molecule has 0 unspecified atom stereocenters. The Labute approximate surface area is 188 Å². The van der Waals surface area contributed by atoms with Crippen LogP contribution in [0.2, 0.25) is 5.02 Å². The lowest BCUT2D eigenvalue weighted by Gasteiger charge is -2.24. The molecule has 0 aliphatic carbocycles. The third-order valence-electron chi connectivity index (χ3n) is 4.81. The Morgan fingerprint density at radius 3 is 2.88 bits per heavy atom. The number of halogens is 2. The fraction of sp³-hybridized carbons (Fsp3) is 0.174. The first-order valence-corrected chi connectivity index (χ1v) is 10.1. The molecule has 2 amide bonds. The molecule has 4 rings (SSSR count). The number of anilines is 3. The minimum absolute atomic E-state index is 0.0822. The highest BCUT2D eigenvalue weighted by Crippen LogP contribution is 2.32. The van der Waals surface area contributed by atoms with Crippen LogP contribution in [-0.2, 0) is 27.4 Å². The van der Waals surface area contributed by atoms with Crippen LogP contribution in [0.1, 0.15) is 18.1 Å². The van der Waals surface area contributed by atoms with Crippen LogP contribution < -0.4 is 15.0 Å². The third kappa shape index (κ3) is 4.71. The second kappa shape index (κ2) is 9.33. The quantitative estimate of drug-likeness (QED) is 0.607. The number of pyridine rings is 1. The fourth-order valence-corrected chi connectivity index (χ4v) is 3.57. The Balaban J connectivity index is 1.56. The number of hydrogen-bond donors (Lipinski definition) is 1. The Morgan fingerprint density at radius 2 is 2.06 bits per heavy atom. The minimum atomic E-state index is -0.582. The summed E-state index contributed by atoms with van der Waals surface area (Å²) in [7, 11) is 0. The number of nitrogens with one attached hydrogen (secondary N) is 1. The molecule has 1 N–H and O–H groups in total. The van der Waals surface area contributed by atoms with Gasteiger partial charge in [-0.05, 0) is 35.9 Å². The van der Waals surface area contributed by atoms with Crippen molar-refractivity contribution in [2.75, 3.05) is 17.0 Å². The second-order valence-corrected chi connectivity index (χ2v) is 7.48. The molecule has 3 aromatic rings. The van der Waals surface area contributed by atoms with Gasteiger partial charge < -0.3 is 14.8 Å². The van der Waals surface area contributed by atoms with E-state index in [1.165, 1.54) is 30.2 Å². The predicted octanol–water partition coefficient (Wildman–Crippen LogP) is 4.61. The summed E-state index contributed by atoms with van der Waals surface area (Å²) in [6, 6.07) is 12.8. The first kappa shape index (κ1) is 21.7. The third-order valence-corrected chi connectivity index (χ3v) is 5.24. The molecular formula is C23H19ClFN3O4. The number of carbonyl (C=O) groups is 2. The number of ether oxygens (including phenoxy) is 2. The molecule has 2 aromatic carbocycles. The van der Waals surface area contributed by atoms with E-state index in [0.717, 1.165) is 5.56 Å². The monoisotopic (exact) mass is 455 g/mol. The minimum Gasteiger partial charge on any atom is -0.467 e. The zero-order chi connectivity index (χ0) is 22.7. The van der Waals surface area contributed by atoms with E-state index in [2.05, 4.69) is 10.3 Å². The molecule has 1 aliphatic heterocycles. The summed E-state index contributed by atoms with van der Waals surface area (Å²) < 4.78 is 24.3. The summed E-state index contributed by atoms with van der Waals surface area (Å²) in [6.07, 6.45) is 1.39. The van der Waals surface area contributed by atoms with Gasteiger partial charge >= 0.3 is 0 Å². The van der Waals surface area contributed by atoms with Crippen molar-refractivity contribution in [3.63, 3.8) is 0 Å². The SMILES string of the molecule is CC(=O)N(c1ccc2c(c1)COCO2)c1cc(NC(=O)Cc2cccc(F)c2Cl)ccn1. The second-order valence-electron chi connectivity index (χ2n) is 7.10. The lowest BCUT2D eigenvalue weighted by Crippen LogP contribution is -2.24. The van der Waals surface area contributed by atoms with Crippen molar-refractivity contribution in [3.8, 4) is 5.75 Å². The van der Waals surface area contributed by atoms with Crippen molar-refractivity contribution in [2.45, 2.75) is 20.0 Å². The van der Waals surface area contributed by atoms with E-state index >= 15 is 0 Å². The number of rotatable bonds is 5. The van der Waals surface area contributed by atoms with E-state index in [-0.39, 0.29) is 30.1 Å². The molecule has 1 aromatic heterocycles. The van der Waals surface area contributed by atoms with Crippen molar-refractivity contribution in [1.29, 1.82) is 0 Å². The Morgan fingerprint density at radius 1 is 1.22 bits per heavy atom. The van der Waals surface area contributed by atoms with Crippen molar-refractivity contribution in [2.24, 2.45) is 0 Å². The molecule has 164 valence electrons. The lowest BCUT2D eigenvalue weighted by molar-refractivity contribution is -0.116. The van der Waals surface area contributed by atoms with Gasteiger partial charge in [0.2, 0.25) is 11.8 Å². The van der Waals surface area contributed by atoms with Gasteiger partial charge in [0.05, 0.1) is 23.7 Å². The Bertz CT molecular complexity index is 1190. The van der Waals surface area contributed by atoms with Gasteiger partial charge in [-0.15, -0.1) is 0 Å². The topological polar surface area (TPSA) is 80.8 Å². The maximum atomic E-state index is 13.6. The van der Waals surface area contributed by atoms with Crippen LogP contribution in [0.15, 0.2) is 54.7 Å². The highest BCUT2D eigenvalue weighted by molar-refractivity contribution is 6.31. The van der Waals surface area contributed by atoms with Gasteiger partial charge in [-0.1, -0.05) is 23.7 Å². The van der Waals surface area contributed by atoms with Gasteiger partial charge in [0.15, 0.2) is 6.79 Å². The summed E-state index contributed by atoms with van der Waals surface area (Å²) in [6.45, 7) is 1.99. The van der Waals surface area contributed by atoms with Gasteiger partial charge in [-0.2, -0.15) is 0 Å². The molecule has 0 saturated carbocycles. The standard InChI is InChI=1S/C23H19ClFN3O4/c1-14(29)28(18-5-6-20-16(9-18)12-31-13-32-20)21-11-17(7-8-26-21)27-22(30)10-15-3-2-4-19(25)23(15)24/h2-9,11H,10,12-13H2,1H3,(H,26,27,30). The molecular weight excluding hydrogens is 437 g/mol. The maximum Gasteiger partial charge on any atom is 0.229 e. The van der Waals surface area contributed by atoms with Crippen molar-refractivity contribution >= 4 is 40.6 Å². The van der Waals surface area contributed by atoms with Crippen LogP contribution in [0.3, 0.4) is 0 Å². The molecule has 0 spiro atoms. The van der Waals surface area contributed by atoms with Crippen molar-refractivity contribution < 1.29 is 23.5 Å². The van der Waals surface area contributed by atoms with E-state index in [9.17, 15) is 14.0 Å². The van der Waals surface area contributed by atoms with Gasteiger partial charge in [0.1, 0.15) is 17.4 Å². The first-order chi connectivity index (χ1) is 15.4. The molecule has 0 saturated heterocycles. The zero-order valence-electron chi connectivity index (χ0n) is 17.1. The van der Waals surface area contributed by atoms with E-state index < -0.39 is 5.82 Å². The van der Waals surface area contributed by atoms with Crippen LogP contribution in [0, 0.1) is 5.82 Å². The van der Waals surface area contributed by atoms with Crippen molar-refractivity contribution in [1.82, 2.24) is 4.98 Å². The summed E-state index contributed by atoms with van der Waals surface area (Å²) in [5.41, 5.74) is 2.22. The molecule has 1 aliphatic rings. The molecule has 0 atom stereocenters. The highest BCUT2D eigenvalue weighted by Gasteiger charge is 2.20. The van der Waals surface area contributed by atoms with Gasteiger partial charge in [-0.3, -0.25) is 14.5 Å². The lowest BCUT2D eigenvalue weighted by atomic mass is 10.1. The van der Waals surface area contributed by atoms with Crippen LogP contribution in [0.5, 0.6) is 5.75 Å². The smallest absolute Gasteiger partial charge is 0.229 e. The number of benzene rings is 2. The van der Waals surface area contributed by atoms with Crippen LogP contribution in [0.4, 0.5) is 21.6 Å². The van der Waals surface area contributed by atoms with Crippen LogP contribution in [-0.4, -0.2) is 23.6 Å². The van der Waals surface area contributed by atoms with Crippen molar-refractivity contribution in [3.05, 3.63) is 76.7 Å². The average Bonchev–Trinajstić information content (AvgIpc) is 2.77. The number of carbonyl (C=O) groups excluding carboxylic acids is 2. The predicted molar refractivity (Wildman–Crippen MR) is 118 cm³/mol. The van der Waals surface area contributed by atoms with Gasteiger partial charge in [-0.25, -0.2) is 9.37 Å². The average molecular weight is 456 g/mol. The maximum absolute atomic E-state index is 13.6. The summed E-state index contributed by atoms with van der Waals surface area (Å²) in [4.78, 5) is 30.6. The molecule has 9 heteroatoms. The van der Waals surface area contributed by atoms with Crippen LogP contribution >= 0.6 is 11.6 Å². The number of aromatic nitrogens is 1. The number of hydrogen-bond acceptors (Lipinski definition) is 5. The number of fused-ring (bicyclic) bond motifs is 1. The largest absolute Gasteiger partial charge is 0.467 e. The molecule has 0 bridgehead atoms. The Kier molecular flexibility index (Phi) is 6.34. The number of nitrogens with zero attached hydrogens (tertiary/aromatic N) is 2. The van der Waals surface area contributed by atoms with Gasteiger partial charge in [0.25, 0.3) is 0 Å². The summed E-state index contributed by atoms with van der Waals surface area (Å²) in [5.74, 6) is -0.191. The van der Waals surface area contributed by atoms with E-state index in [1.54, 1.807) is 36.4 Å². The molecule has 0 radical (unpaired) electrons. The van der Waals surface area contributed by atoms with Crippen LogP contribution in [0.25, 0.3) is 0 Å². The molecule has 32 heavy (non-hydrogen) atoms. The zero-order valence-corrected chi connectivity index (χ0v) is 17.9. The summed E-state index contributed by atoms with van der Waals surface area (Å²) in [5, 5.41) is 2.65. The molecule has 7 nitrogen and oxygen atoms in total. The normalized spacial score (nSPS) is 12.5. The highest BCUT2D eigenvalue weighted by atomic mass is 35.5. The van der Waals surface area contributed by atoms with E-state index in [0.29, 0.717) is 35.1 Å². The van der Waals surface area contributed by atoms with Gasteiger partial charge in [0, 0.05) is 30.4 Å². The van der Waals surface area contributed by atoms with E-state index in [4.69, 9.17) is 21.1 Å².